The zero-order chi connectivity index (χ0) is 29.2. The molecule has 1 atom stereocenters. The van der Waals surface area contributed by atoms with E-state index >= 15 is 0 Å². The number of aromatic nitrogens is 4. The standard InChI is InChI=1S/C32H30N6O4/c33-30(41)26(17-29(39)40)37-32(42)21-12-14-28-25(16-21)36-31(38(28)22-9-5-2-6-10-22)20-11-13-23-24(15-20)34-18-27(35-23)19-7-3-1-4-8-19/h1,3-4,7-8,11-16,18,22,26H,2,5-6,9-10,17H2,(H2,33,41)(H,37,42)(H,39,40). The van der Waals surface area contributed by atoms with Gasteiger partial charge in [0.1, 0.15) is 11.9 Å². The van der Waals surface area contributed by atoms with Gasteiger partial charge in [-0.15, -0.1) is 0 Å². The molecule has 10 heteroatoms. The van der Waals surface area contributed by atoms with Crippen LogP contribution in [0, 0.1) is 0 Å². The minimum absolute atomic E-state index is 0.260. The highest BCUT2D eigenvalue weighted by Gasteiger charge is 2.25. The molecule has 2 amide bonds. The van der Waals surface area contributed by atoms with Crippen LogP contribution in [0.2, 0.25) is 0 Å². The molecule has 1 fully saturated rings. The summed E-state index contributed by atoms with van der Waals surface area (Å²) in [4.78, 5) is 50.3. The predicted molar refractivity (Wildman–Crippen MR) is 159 cm³/mol. The number of rotatable bonds is 8. The molecule has 6 rings (SSSR count). The van der Waals surface area contributed by atoms with Crippen LogP contribution in [0.15, 0.2) is 72.9 Å². The Kier molecular flexibility index (Phi) is 7.35. The average Bonchev–Trinajstić information content (AvgIpc) is 3.39. The van der Waals surface area contributed by atoms with Gasteiger partial charge in [0.25, 0.3) is 5.91 Å². The first-order valence-corrected chi connectivity index (χ1v) is 14.0. The number of nitrogens with one attached hydrogen (secondary N) is 1. The molecule has 0 saturated heterocycles. The molecule has 1 aliphatic carbocycles. The van der Waals surface area contributed by atoms with Crippen LogP contribution < -0.4 is 11.1 Å². The molecule has 0 aliphatic heterocycles. The smallest absolute Gasteiger partial charge is 0.305 e. The van der Waals surface area contributed by atoms with Crippen molar-refractivity contribution < 1.29 is 19.5 Å². The number of carbonyl (C=O) groups is 3. The largest absolute Gasteiger partial charge is 0.481 e. The maximum atomic E-state index is 13.0. The second-order valence-corrected chi connectivity index (χ2v) is 10.7. The Hall–Kier alpha value is -5.12. The number of nitrogens with two attached hydrogens (primary N) is 1. The minimum atomic E-state index is -1.32. The number of hydrogen-bond acceptors (Lipinski definition) is 6. The molecule has 0 spiro atoms. The Morgan fingerprint density at radius 2 is 1.69 bits per heavy atom. The van der Waals surface area contributed by atoms with E-state index in [9.17, 15) is 14.4 Å². The third-order valence-corrected chi connectivity index (χ3v) is 7.79. The summed E-state index contributed by atoms with van der Waals surface area (Å²) in [5.41, 5.74) is 11.3. The molecule has 5 aromatic rings. The lowest BCUT2D eigenvalue weighted by atomic mass is 9.94. The molecule has 42 heavy (non-hydrogen) atoms. The monoisotopic (exact) mass is 562 g/mol. The fourth-order valence-electron chi connectivity index (χ4n) is 5.69. The summed E-state index contributed by atoms with van der Waals surface area (Å²) >= 11 is 0. The van der Waals surface area contributed by atoms with Crippen molar-refractivity contribution in [2.45, 2.75) is 50.6 Å². The first-order valence-electron chi connectivity index (χ1n) is 14.0. The molecule has 1 aliphatic rings. The van der Waals surface area contributed by atoms with E-state index in [1.807, 2.05) is 54.6 Å². The van der Waals surface area contributed by atoms with E-state index in [0.29, 0.717) is 5.52 Å². The Labute approximate surface area is 241 Å². The number of imidazole rings is 1. The van der Waals surface area contributed by atoms with Crippen LogP contribution in [-0.4, -0.2) is 48.5 Å². The number of fused-ring (bicyclic) bond motifs is 2. The number of hydrogen-bond donors (Lipinski definition) is 3. The highest BCUT2D eigenvalue weighted by Crippen LogP contribution is 2.37. The summed E-state index contributed by atoms with van der Waals surface area (Å²) in [7, 11) is 0. The molecule has 4 N–H and O–H groups in total. The van der Waals surface area contributed by atoms with Crippen LogP contribution >= 0.6 is 0 Å². The molecule has 1 saturated carbocycles. The van der Waals surface area contributed by atoms with Gasteiger partial charge in [0.2, 0.25) is 5.91 Å². The van der Waals surface area contributed by atoms with Crippen molar-refractivity contribution in [2.75, 3.05) is 0 Å². The molecule has 2 aromatic heterocycles. The summed E-state index contributed by atoms with van der Waals surface area (Å²) in [6.45, 7) is 0. The SMILES string of the molecule is NC(=O)C(CC(=O)O)NC(=O)c1ccc2c(c1)nc(-c1ccc3nc(-c4ccccc4)cnc3c1)n2C1CCCCC1. The predicted octanol–water partition coefficient (Wildman–Crippen LogP) is 4.88. The Morgan fingerprint density at radius 1 is 0.905 bits per heavy atom. The Morgan fingerprint density at radius 3 is 2.43 bits per heavy atom. The lowest BCUT2D eigenvalue weighted by molar-refractivity contribution is -0.139. The van der Waals surface area contributed by atoms with Gasteiger partial charge >= 0.3 is 5.97 Å². The summed E-state index contributed by atoms with van der Waals surface area (Å²) in [6, 6.07) is 20.0. The van der Waals surface area contributed by atoms with E-state index in [1.165, 1.54) is 6.42 Å². The number of primary amides is 1. The van der Waals surface area contributed by atoms with Crippen LogP contribution in [0.3, 0.4) is 0 Å². The number of amides is 2. The Bertz CT molecular complexity index is 1810. The van der Waals surface area contributed by atoms with Crippen molar-refractivity contribution in [3.63, 3.8) is 0 Å². The second kappa shape index (κ2) is 11.4. The van der Waals surface area contributed by atoms with Crippen molar-refractivity contribution in [3.05, 3.63) is 78.5 Å². The quantitative estimate of drug-likeness (QED) is 0.244. The highest BCUT2D eigenvalue weighted by molar-refractivity contribution is 6.00. The van der Waals surface area contributed by atoms with E-state index in [-0.39, 0.29) is 11.6 Å². The second-order valence-electron chi connectivity index (χ2n) is 10.7. The maximum Gasteiger partial charge on any atom is 0.305 e. The van der Waals surface area contributed by atoms with Crippen molar-refractivity contribution in [3.8, 4) is 22.6 Å². The van der Waals surface area contributed by atoms with Gasteiger partial charge in [-0.2, -0.15) is 0 Å². The van der Waals surface area contributed by atoms with Crippen molar-refractivity contribution in [1.29, 1.82) is 0 Å². The van der Waals surface area contributed by atoms with E-state index in [0.717, 1.165) is 64.9 Å². The van der Waals surface area contributed by atoms with Crippen molar-refractivity contribution >= 4 is 39.9 Å². The topological polar surface area (TPSA) is 153 Å². The normalized spacial score (nSPS) is 14.6. The third kappa shape index (κ3) is 5.43. The van der Waals surface area contributed by atoms with E-state index in [2.05, 4.69) is 9.88 Å². The van der Waals surface area contributed by atoms with Crippen LogP contribution in [0.25, 0.3) is 44.7 Å². The zero-order valence-corrected chi connectivity index (χ0v) is 22.9. The van der Waals surface area contributed by atoms with E-state index < -0.39 is 30.2 Å². The third-order valence-electron chi connectivity index (χ3n) is 7.79. The molecule has 0 bridgehead atoms. The average molecular weight is 563 g/mol. The number of benzene rings is 3. The van der Waals surface area contributed by atoms with Gasteiger partial charge in [-0.3, -0.25) is 19.4 Å². The summed E-state index contributed by atoms with van der Waals surface area (Å²) in [5, 5.41) is 11.5. The minimum Gasteiger partial charge on any atom is -0.481 e. The molecule has 3 aromatic carbocycles. The fourth-order valence-corrected chi connectivity index (χ4v) is 5.69. The lowest BCUT2D eigenvalue weighted by Crippen LogP contribution is -2.45. The lowest BCUT2D eigenvalue weighted by Gasteiger charge is -2.25. The van der Waals surface area contributed by atoms with Crippen LogP contribution in [0.5, 0.6) is 0 Å². The van der Waals surface area contributed by atoms with Gasteiger partial charge in [-0.05, 0) is 49.2 Å². The molecule has 10 nitrogen and oxygen atoms in total. The summed E-state index contributed by atoms with van der Waals surface area (Å²) in [5.74, 6) is -1.95. The maximum absolute atomic E-state index is 13.0. The number of carboxylic acids is 1. The first kappa shape index (κ1) is 27.1. The molecular weight excluding hydrogens is 532 g/mol. The number of carbonyl (C=O) groups excluding carboxylic acids is 2. The summed E-state index contributed by atoms with van der Waals surface area (Å²) < 4.78 is 2.26. The summed E-state index contributed by atoms with van der Waals surface area (Å²) in [6.07, 6.45) is 6.71. The molecule has 212 valence electrons. The van der Waals surface area contributed by atoms with Crippen LogP contribution in [0.1, 0.15) is 54.9 Å². The van der Waals surface area contributed by atoms with Gasteiger partial charge in [0.15, 0.2) is 0 Å². The number of nitrogens with zero attached hydrogens (tertiary/aromatic N) is 4. The molecular formula is C32H30N6O4. The van der Waals surface area contributed by atoms with Gasteiger partial charge in [0.05, 0.1) is 40.4 Å². The molecule has 1 unspecified atom stereocenters. The molecule has 0 radical (unpaired) electrons. The number of aliphatic carboxylic acids is 1. The first-order chi connectivity index (χ1) is 20.4. The van der Waals surface area contributed by atoms with Crippen molar-refractivity contribution in [1.82, 2.24) is 24.8 Å². The highest BCUT2D eigenvalue weighted by atomic mass is 16.4. The molecule has 2 heterocycles. The van der Waals surface area contributed by atoms with E-state index in [1.54, 1.807) is 18.3 Å². The van der Waals surface area contributed by atoms with Crippen molar-refractivity contribution in [2.24, 2.45) is 5.73 Å². The fraction of sp³-hybridized carbons (Fsp3) is 0.250. The van der Waals surface area contributed by atoms with Gasteiger partial charge in [-0.1, -0.05) is 49.6 Å². The van der Waals surface area contributed by atoms with Gasteiger partial charge < -0.3 is 20.7 Å². The van der Waals surface area contributed by atoms with Crippen LogP contribution in [-0.2, 0) is 9.59 Å². The van der Waals surface area contributed by atoms with E-state index in [4.69, 9.17) is 25.8 Å². The van der Waals surface area contributed by atoms with Gasteiger partial charge in [0, 0.05) is 22.7 Å². The Balaban J connectivity index is 1.39. The number of carboxylic acid groups (broad SMARTS) is 1. The zero-order valence-electron chi connectivity index (χ0n) is 22.9. The van der Waals surface area contributed by atoms with Gasteiger partial charge in [-0.25, -0.2) is 9.97 Å². The van der Waals surface area contributed by atoms with Crippen LogP contribution in [0.4, 0.5) is 0 Å².